The number of rotatable bonds is 2. The van der Waals surface area contributed by atoms with Crippen LogP contribution < -0.4 is 5.73 Å². The minimum atomic E-state index is -0.949. The molecule has 0 atom stereocenters. The third kappa shape index (κ3) is 8.07. The third-order valence-corrected chi connectivity index (χ3v) is 1.74. The van der Waals surface area contributed by atoms with Crippen LogP contribution in [0.3, 0.4) is 0 Å². The number of nitrogens with two attached hydrogens (primary N) is 1. The highest BCUT2D eigenvalue weighted by Gasteiger charge is 2.22. The van der Waals surface area contributed by atoms with Gasteiger partial charge in [0.25, 0.3) is 0 Å². The summed E-state index contributed by atoms with van der Waals surface area (Å²) in [5.74, 6) is -1.30. The molecule has 0 unspecified atom stereocenters. The zero-order valence-electron chi connectivity index (χ0n) is 11.0. The molecule has 0 aliphatic carbocycles. The molecule has 5 heteroatoms. The van der Waals surface area contributed by atoms with Crippen LogP contribution >= 0.6 is 0 Å². The number of aliphatic carboxylic acids is 1. The maximum Gasteiger partial charge on any atom is 0.333 e. The molecule has 5 nitrogen and oxygen atoms in total. The predicted octanol–water partition coefficient (Wildman–Crippen LogP) is 1.70. The van der Waals surface area contributed by atoms with E-state index in [2.05, 4.69) is 11.3 Å². The van der Waals surface area contributed by atoms with Gasteiger partial charge in [-0.15, -0.1) is 0 Å². The molecule has 0 fully saturated rings. The van der Waals surface area contributed by atoms with Crippen LogP contribution in [0.1, 0.15) is 27.7 Å². The van der Waals surface area contributed by atoms with Gasteiger partial charge in [0, 0.05) is 11.8 Å². The minimum absolute atomic E-state index is 0.243. The second-order valence-corrected chi connectivity index (χ2v) is 4.41. The standard InChI is InChI=1S/C7H13NO2.C5H8O2/c1-7(2,3)5(4-8)6(9)10;1-4(2)5(6)7-3/h4H,8H2,1-3H3,(H,9,10);1H2,2-3H3. The highest BCUT2D eigenvalue weighted by atomic mass is 16.5. The van der Waals surface area contributed by atoms with Gasteiger partial charge in [-0.2, -0.15) is 0 Å². The molecule has 0 bridgehead atoms. The molecule has 3 N–H and O–H groups in total. The van der Waals surface area contributed by atoms with E-state index < -0.39 is 5.97 Å². The van der Waals surface area contributed by atoms with E-state index in [9.17, 15) is 9.59 Å². The average molecular weight is 243 g/mol. The van der Waals surface area contributed by atoms with Gasteiger partial charge >= 0.3 is 11.9 Å². The summed E-state index contributed by atoms with van der Waals surface area (Å²) in [6.45, 7) is 10.4. The number of carbonyl (C=O) groups excluding carboxylic acids is 1. The quantitative estimate of drug-likeness (QED) is 0.569. The van der Waals surface area contributed by atoms with Crippen LogP contribution in [0.5, 0.6) is 0 Å². The van der Waals surface area contributed by atoms with E-state index in [4.69, 9.17) is 10.8 Å². The van der Waals surface area contributed by atoms with E-state index in [0.29, 0.717) is 5.57 Å². The van der Waals surface area contributed by atoms with E-state index in [1.54, 1.807) is 27.7 Å². The lowest BCUT2D eigenvalue weighted by molar-refractivity contribution is -0.136. The first-order valence-electron chi connectivity index (χ1n) is 4.97. The van der Waals surface area contributed by atoms with Crippen molar-refractivity contribution >= 4 is 11.9 Å². The lowest BCUT2D eigenvalue weighted by Gasteiger charge is -2.17. The molecule has 0 saturated carbocycles. The highest BCUT2D eigenvalue weighted by molar-refractivity contribution is 5.87. The smallest absolute Gasteiger partial charge is 0.333 e. The van der Waals surface area contributed by atoms with Crippen molar-refractivity contribution < 1.29 is 19.4 Å². The molecule has 0 aromatic rings. The number of methoxy groups -OCH3 is 1. The van der Waals surface area contributed by atoms with Gasteiger partial charge in [-0.3, -0.25) is 0 Å². The van der Waals surface area contributed by atoms with Gasteiger partial charge in [-0.25, -0.2) is 9.59 Å². The first-order chi connectivity index (χ1) is 7.57. The summed E-state index contributed by atoms with van der Waals surface area (Å²) < 4.78 is 4.27. The second-order valence-electron chi connectivity index (χ2n) is 4.41. The monoisotopic (exact) mass is 243 g/mol. The Labute approximate surface area is 102 Å². The van der Waals surface area contributed by atoms with Crippen molar-refractivity contribution in [1.82, 2.24) is 0 Å². The minimum Gasteiger partial charge on any atom is -0.478 e. The topological polar surface area (TPSA) is 89.6 Å². The number of carbonyl (C=O) groups is 2. The number of ether oxygens (including phenoxy) is 1. The molecule has 0 aliphatic rings. The molecule has 0 saturated heterocycles. The first-order valence-corrected chi connectivity index (χ1v) is 4.97. The zero-order valence-corrected chi connectivity index (χ0v) is 11.0. The van der Waals surface area contributed by atoms with Crippen molar-refractivity contribution in [3.05, 3.63) is 23.9 Å². The van der Waals surface area contributed by atoms with Crippen molar-refractivity contribution in [3.63, 3.8) is 0 Å². The van der Waals surface area contributed by atoms with Crippen LogP contribution in [0.25, 0.3) is 0 Å². The van der Waals surface area contributed by atoms with Gasteiger partial charge in [0.05, 0.1) is 12.7 Å². The number of carboxylic acid groups (broad SMARTS) is 1. The maximum atomic E-state index is 10.4. The fourth-order valence-electron chi connectivity index (χ4n) is 0.816. The van der Waals surface area contributed by atoms with E-state index in [-0.39, 0.29) is 17.0 Å². The predicted molar refractivity (Wildman–Crippen MR) is 66.2 cm³/mol. The Balaban J connectivity index is 0. The molecule has 0 rings (SSSR count). The molecule has 0 heterocycles. The van der Waals surface area contributed by atoms with Gasteiger partial charge in [0.1, 0.15) is 0 Å². The highest BCUT2D eigenvalue weighted by Crippen LogP contribution is 2.23. The molecule has 0 aliphatic heterocycles. The number of esters is 1. The van der Waals surface area contributed by atoms with Crippen LogP contribution in [0.15, 0.2) is 23.9 Å². The summed E-state index contributed by atoms with van der Waals surface area (Å²) in [6.07, 6.45) is 1.14. The Kier molecular flexibility index (Phi) is 7.75. The lowest BCUT2D eigenvalue weighted by Crippen LogP contribution is -2.18. The fourth-order valence-corrected chi connectivity index (χ4v) is 0.816. The summed E-state index contributed by atoms with van der Waals surface area (Å²) in [5, 5.41) is 8.56. The molecule has 0 amide bonds. The number of hydrogen-bond donors (Lipinski definition) is 2. The Hall–Kier alpha value is -1.78. The Bertz CT molecular complexity index is 324. The molecular formula is C12H21NO4. The van der Waals surface area contributed by atoms with Crippen LogP contribution in [-0.2, 0) is 14.3 Å². The third-order valence-electron chi connectivity index (χ3n) is 1.74. The Morgan fingerprint density at radius 2 is 1.76 bits per heavy atom. The molecular weight excluding hydrogens is 222 g/mol. The van der Waals surface area contributed by atoms with E-state index in [1.807, 2.05) is 0 Å². The van der Waals surface area contributed by atoms with Crippen molar-refractivity contribution in [2.45, 2.75) is 27.7 Å². The first kappa shape index (κ1) is 17.6. The van der Waals surface area contributed by atoms with E-state index in [0.717, 1.165) is 6.20 Å². The normalized spacial score (nSPS) is 11.0. The van der Waals surface area contributed by atoms with E-state index in [1.165, 1.54) is 7.11 Å². The number of hydrogen-bond acceptors (Lipinski definition) is 4. The Morgan fingerprint density at radius 3 is 1.76 bits per heavy atom. The number of carboxylic acids is 1. The molecule has 17 heavy (non-hydrogen) atoms. The van der Waals surface area contributed by atoms with Gasteiger partial charge in [-0.05, 0) is 12.3 Å². The molecule has 0 radical (unpaired) electrons. The van der Waals surface area contributed by atoms with Crippen LogP contribution in [-0.4, -0.2) is 24.2 Å². The van der Waals surface area contributed by atoms with Gasteiger partial charge < -0.3 is 15.6 Å². The lowest BCUT2D eigenvalue weighted by atomic mass is 9.87. The molecule has 0 aromatic heterocycles. The second kappa shape index (κ2) is 7.49. The molecule has 98 valence electrons. The fraction of sp³-hybridized carbons (Fsp3) is 0.500. The summed E-state index contributed by atoms with van der Waals surface area (Å²) >= 11 is 0. The summed E-state index contributed by atoms with van der Waals surface area (Å²) in [7, 11) is 1.33. The summed E-state index contributed by atoms with van der Waals surface area (Å²) in [5.41, 5.74) is 5.42. The van der Waals surface area contributed by atoms with Crippen molar-refractivity contribution in [3.8, 4) is 0 Å². The van der Waals surface area contributed by atoms with Crippen molar-refractivity contribution in [2.75, 3.05) is 7.11 Å². The van der Waals surface area contributed by atoms with Crippen LogP contribution in [0.4, 0.5) is 0 Å². The van der Waals surface area contributed by atoms with Crippen LogP contribution in [0, 0.1) is 5.41 Å². The van der Waals surface area contributed by atoms with Gasteiger partial charge in [0.2, 0.25) is 0 Å². The molecule has 0 spiro atoms. The SMILES string of the molecule is C=C(C)C(=O)OC.CC(C)(C)C(=CN)C(=O)O. The van der Waals surface area contributed by atoms with Crippen molar-refractivity contribution in [2.24, 2.45) is 11.1 Å². The average Bonchev–Trinajstić information content (AvgIpc) is 2.15. The maximum absolute atomic E-state index is 10.4. The van der Waals surface area contributed by atoms with Gasteiger partial charge in [0.15, 0.2) is 0 Å². The molecule has 0 aromatic carbocycles. The van der Waals surface area contributed by atoms with Gasteiger partial charge in [-0.1, -0.05) is 27.4 Å². The Morgan fingerprint density at radius 1 is 1.35 bits per heavy atom. The summed E-state index contributed by atoms with van der Waals surface area (Å²) in [6, 6.07) is 0. The summed E-state index contributed by atoms with van der Waals surface area (Å²) in [4.78, 5) is 20.6. The van der Waals surface area contributed by atoms with Crippen LogP contribution in [0.2, 0.25) is 0 Å². The largest absolute Gasteiger partial charge is 0.478 e. The zero-order chi connectivity index (χ0) is 14.2. The van der Waals surface area contributed by atoms with Crippen molar-refractivity contribution in [1.29, 1.82) is 0 Å². The van der Waals surface area contributed by atoms with E-state index >= 15 is 0 Å².